The minimum Gasteiger partial charge on any atom is -0.477 e. The van der Waals surface area contributed by atoms with Crippen molar-refractivity contribution in [3.8, 4) is 5.88 Å². The van der Waals surface area contributed by atoms with E-state index in [1.54, 1.807) is 12.4 Å². The first-order valence-corrected chi connectivity index (χ1v) is 6.51. The molecule has 0 spiro atoms. The van der Waals surface area contributed by atoms with Gasteiger partial charge >= 0.3 is 0 Å². The molecule has 0 atom stereocenters. The van der Waals surface area contributed by atoms with Gasteiger partial charge in [0.15, 0.2) is 0 Å². The number of nitrogens with one attached hydrogen (secondary N) is 1. The summed E-state index contributed by atoms with van der Waals surface area (Å²) < 4.78 is 5.57. The van der Waals surface area contributed by atoms with Gasteiger partial charge in [0.1, 0.15) is 0 Å². The molecule has 1 N–H and O–H groups in total. The van der Waals surface area contributed by atoms with Crippen LogP contribution in [0.25, 0.3) is 0 Å². The second-order valence-electron chi connectivity index (χ2n) is 4.04. The first kappa shape index (κ1) is 13.9. The quantitative estimate of drug-likeness (QED) is 0.670. The molecule has 4 nitrogen and oxygen atoms in total. The number of rotatable bonds is 9. The third kappa shape index (κ3) is 6.22. The topological polar surface area (TPSA) is 47.0 Å². The normalized spacial score (nSPS) is 10.5. The van der Waals surface area contributed by atoms with E-state index in [4.69, 9.17) is 4.74 Å². The van der Waals surface area contributed by atoms with Gasteiger partial charge in [-0.2, -0.15) is 0 Å². The molecule has 1 rings (SSSR count). The Bertz CT molecular complexity index is 304. The molecule has 0 unspecified atom stereocenters. The van der Waals surface area contributed by atoms with E-state index in [1.165, 1.54) is 19.3 Å². The summed E-state index contributed by atoms with van der Waals surface area (Å²) in [5, 5.41) is 3.22. The second kappa shape index (κ2) is 8.93. The maximum absolute atomic E-state index is 5.57. The Hall–Kier alpha value is -1.16. The highest BCUT2D eigenvalue weighted by Crippen LogP contribution is 2.07. The van der Waals surface area contributed by atoms with Crippen LogP contribution < -0.4 is 10.1 Å². The molecule has 0 saturated carbocycles. The van der Waals surface area contributed by atoms with E-state index in [0.717, 1.165) is 31.8 Å². The lowest BCUT2D eigenvalue weighted by Gasteiger charge is -2.06. The first-order valence-electron chi connectivity index (χ1n) is 6.51. The van der Waals surface area contributed by atoms with Crippen LogP contribution in [0, 0.1) is 0 Å². The van der Waals surface area contributed by atoms with Gasteiger partial charge in [0.05, 0.1) is 18.5 Å². The van der Waals surface area contributed by atoms with E-state index in [2.05, 4.69) is 29.1 Å². The fourth-order valence-electron chi connectivity index (χ4n) is 1.50. The van der Waals surface area contributed by atoms with Gasteiger partial charge < -0.3 is 10.1 Å². The van der Waals surface area contributed by atoms with Gasteiger partial charge in [0, 0.05) is 12.7 Å². The number of hydrogen-bond acceptors (Lipinski definition) is 4. The SMILES string of the molecule is CCCCCCOc1cncc(CNCC)n1. The zero-order chi connectivity index (χ0) is 12.3. The molecular weight excluding hydrogens is 214 g/mol. The third-order valence-corrected chi connectivity index (χ3v) is 2.47. The minimum absolute atomic E-state index is 0.636. The molecule has 0 radical (unpaired) electrons. The lowest BCUT2D eigenvalue weighted by atomic mass is 10.2. The van der Waals surface area contributed by atoms with E-state index in [9.17, 15) is 0 Å². The van der Waals surface area contributed by atoms with Gasteiger partial charge in [-0.1, -0.05) is 33.1 Å². The fraction of sp³-hybridized carbons (Fsp3) is 0.692. The molecule has 0 aliphatic rings. The molecule has 0 aromatic carbocycles. The summed E-state index contributed by atoms with van der Waals surface area (Å²) in [6.07, 6.45) is 8.28. The largest absolute Gasteiger partial charge is 0.477 e. The molecule has 0 bridgehead atoms. The van der Waals surface area contributed by atoms with Crippen molar-refractivity contribution >= 4 is 0 Å². The van der Waals surface area contributed by atoms with Gasteiger partial charge in [-0.05, 0) is 13.0 Å². The standard InChI is InChI=1S/C13H23N3O/c1-3-5-6-7-8-17-13-11-15-10-12(16-13)9-14-4-2/h10-11,14H,3-9H2,1-2H3. The zero-order valence-corrected chi connectivity index (χ0v) is 10.9. The zero-order valence-electron chi connectivity index (χ0n) is 10.9. The third-order valence-electron chi connectivity index (χ3n) is 2.47. The first-order chi connectivity index (χ1) is 8.36. The van der Waals surface area contributed by atoms with Crippen LogP contribution in [0.5, 0.6) is 5.88 Å². The predicted octanol–water partition coefficient (Wildman–Crippen LogP) is 2.55. The van der Waals surface area contributed by atoms with Gasteiger partial charge in [-0.3, -0.25) is 4.98 Å². The lowest BCUT2D eigenvalue weighted by Crippen LogP contribution is -2.13. The van der Waals surface area contributed by atoms with Crippen molar-refractivity contribution < 1.29 is 4.74 Å². The molecule has 0 amide bonds. The Morgan fingerprint density at radius 3 is 2.82 bits per heavy atom. The molecule has 17 heavy (non-hydrogen) atoms. The highest BCUT2D eigenvalue weighted by atomic mass is 16.5. The summed E-state index contributed by atoms with van der Waals surface area (Å²) in [5.41, 5.74) is 0.929. The van der Waals surface area contributed by atoms with Crippen molar-refractivity contribution in [1.82, 2.24) is 15.3 Å². The number of unbranched alkanes of at least 4 members (excludes halogenated alkanes) is 3. The monoisotopic (exact) mass is 237 g/mol. The molecule has 0 aliphatic heterocycles. The summed E-state index contributed by atoms with van der Waals surface area (Å²) in [7, 11) is 0. The molecule has 1 heterocycles. The Morgan fingerprint density at radius 2 is 2.06 bits per heavy atom. The molecule has 0 saturated heterocycles. The van der Waals surface area contributed by atoms with Crippen LogP contribution in [0.2, 0.25) is 0 Å². The number of aromatic nitrogens is 2. The Kier molecular flexibility index (Phi) is 7.30. The summed E-state index contributed by atoms with van der Waals surface area (Å²) in [6.45, 7) is 6.69. The van der Waals surface area contributed by atoms with E-state index < -0.39 is 0 Å². The maximum atomic E-state index is 5.57. The van der Waals surface area contributed by atoms with Crippen LogP contribution in [0.1, 0.15) is 45.2 Å². The maximum Gasteiger partial charge on any atom is 0.232 e. The average Bonchev–Trinajstić information content (AvgIpc) is 2.37. The average molecular weight is 237 g/mol. The summed E-state index contributed by atoms with van der Waals surface area (Å²) in [4.78, 5) is 8.51. The molecular formula is C13H23N3O. The molecule has 0 aliphatic carbocycles. The van der Waals surface area contributed by atoms with Gasteiger partial charge in [-0.25, -0.2) is 4.98 Å². The van der Waals surface area contributed by atoms with Crippen LogP contribution in [0.3, 0.4) is 0 Å². The van der Waals surface area contributed by atoms with Gasteiger partial charge in [0.2, 0.25) is 5.88 Å². The fourth-order valence-corrected chi connectivity index (χ4v) is 1.50. The summed E-state index contributed by atoms with van der Waals surface area (Å²) >= 11 is 0. The summed E-state index contributed by atoms with van der Waals surface area (Å²) in [5.74, 6) is 0.636. The second-order valence-corrected chi connectivity index (χ2v) is 4.04. The van der Waals surface area contributed by atoms with Gasteiger partial charge in [0.25, 0.3) is 0 Å². The summed E-state index contributed by atoms with van der Waals surface area (Å²) in [6, 6.07) is 0. The van der Waals surface area contributed by atoms with Crippen LogP contribution in [0.15, 0.2) is 12.4 Å². The van der Waals surface area contributed by atoms with Crippen LogP contribution in [-0.2, 0) is 6.54 Å². The predicted molar refractivity (Wildman–Crippen MR) is 69.0 cm³/mol. The van der Waals surface area contributed by atoms with Crippen molar-refractivity contribution in [2.75, 3.05) is 13.2 Å². The van der Waals surface area contributed by atoms with Crippen molar-refractivity contribution in [1.29, 1.82) is 0 Å². The number of nitrogens with zero attached hydrogens (tertiary/aromatic N) is 2. The Morgan fingerprint density at radius 1 is 1.18 bits per heavy atom. The van der Waals surface area contributed by atoms with E-state index in [0.29, 0.717) is 5.88 Å². The number of hydrogen-bond donors (Lipinski definition) is 1. The molecule has 1 aromatic heterocycles. The highest BCUT2D eigenvalue weighted by Gasteiger charge is 1.99. The molecule has 96 valence electrons. The Labute approximate surface area is 104 Å². The molecule has 4 heteroatoms. The molecule has 0 fully saturated rings. The van der Waals surface area contributed by atoms with Crippen LogP contribution >= 0.6 is 0 Å². The van der Waals surface area contributed by atoms with Crippen LogP contribution in [0.4, 0.5) is 0 Å². The smallest absolute Gasteiger partial charge is 0.232 e. The molecule has 1 aromatic rings. The van der Waals surface area contributed by atoms with E-state index in [-0.39, 0.29) is 0 Å². The van der Waals surface area contributed by atoms with E-state index in [1.807, 2.05) is 0 Å². The van der Waals surface area contributed by atoms with Crippen molar-refractivity contribution in [3.05, 3.63) is 18.1 Å². The van der Waals surface area contributed by atoms with Crippen molar-refractivity contribution in [3.63, 3.8) is 0 Å². The van der Waals surface area contributed by atoms with E-state index >= 15 is 0 Å². The van der Waals surface area contributed by atoms with Crippen molar-refractivity contribution in [2.45, 2.75) is 46.1 Å². The highest BCUT2D eigenvalue weighted by molar-refractivity contribution is 5.08. The van der Waals surface area contributed by atoms with Crippen LogP contribution in [-0.4, -0.2) is 23.1 Å². The van der Waals surface area contributed by atoms with Crippen molar-refractivity contribution in [2.24, 2.45) is 0 Å². The number of ether oxygens (including phenoxy) is 1. The Balaban J connectivity index is 2.27. The minimum atomic E-state index is 0.636. The van der Waals surface area contributed by atoms with Gasteiger partial charge in [-0.15, -0.1) is 0 Å². The lowest BCUT2D eigenvalue weighted by molar-refractivity contribution is 0.291.